The van der Waals surface area contributed by atoms with Gasteiger partial charge in [-0.1, -0.05) is 48.5 Å². The van der Waals surface area contributed by atoms with Gasteiger partial charge in [0.05, 0.1) is 6.17 Å². The van der Waals surface area contributed by atoms with Crippen molar-refractivity contribution in [2.24, 2.45) is 0 Å². The van der Waals surface area contributed by atoms with Crippen molar-refractivity contribution in [3.8, 4) is 0 Å². The number of nitrogens with zero attached hydrogens (tertiary/aromatic N) is 1. The Kier molecular flexibility index (Phi) is 4.90. The quantitative estimate of drug-likeness (QED) is 0.895. The molecule has 1 N–H and O–H groups in total. The van der Waals surface area contributed by atoms with E-state index in [0.29, 0.717) is 6.17 Å². The number of hydrogen-bond donors (Lipinski definition) is 1. The maximum atomic E-state index is 3.74. The highest BCUT2D eigenvalue weighted by Crippen LogP contribution is 2.23. The van der Waals surface area contributed by atoms with Crippen LogP contribution in [0.5, 0.6) is 0 Å². The zero-order chi connectivity index (χ0) is 14.3. The third kappa shape index (κ3) is 3.85. The van der Waals surface area contributed by atoms with Gasteiger partial charge in [0.2, 0.25) is 0 Å². The third-order valence-electron chi connectivity index (χ3n) is 4.23. The molecule has 0 aromatic heterocycles. The molecule has 0 saturated carbocycles. The van der Waals surface area contributed by atoms with Gasteiger partial charge < -0.3 is 4.90 Å². The molecule has 110 valence electrons. The first kappa shape index (κ1) is 14.2. The van der Waals surface area contributed by atoms with Crippen LogP contribution < -0.4 is 10.2 Å². The van der Waals surface area contributed by atoms with Crippen LogP contribution in [-0.2, 0) is 6.42 Å². The van der Waals surface area contributed by atoms with Crippen molar-refractivity contribution in [2.45, 2.75) is 31.8 Å². The highest BCUT2D eigenvalue weighted by atomic mass is 15.3. The fourth-order valence-corrected chi connectivity index (χ4v) is 3.10. The SMILES string of the molecule is c1ccc(CCNC2CCCCN2c2ccccc2)cc1. The maximum Gasteiger partial charge on any atom is 0.0795 e. The lowest BCUT2D eigenvalue weighted by Crippen LogP contribution is -2.49. The minimum absolute atomic E-state index is 0.477. The second-order valence-corrected chi connectivity index (χ2v) is 5.73. The van der Waals surface area contributed by atoms with Crippen LogP contribution in [0, 0.1) is 0 Å². The van der Waals surface area contributed by atoms with Crippen molar-refractivity contribution >= 4 is 5.69 Å². The number of benzene rings is 2. The van der Waals surface area contributed by atoms with Crippen LogP contribution >= 0.6 is 0 Å². The van der Waals surface area contributed by atoms with Crippen molar-refractivity contribution in [1.82, 2.24) is 5.32 Å². The van der Waals surface area contributed by atoms with Crippen molar-refractivity contribution < 1.29 is 0 Å². The van der Waals surface area contributed by atoms with Crippen LogP contribution in [0.2, 0.25) is 0 Å². The molecule has 2 heteroatoms. The molecule has 1 atom stereocenters. The van der Waals surface area contributed by atoms with E-state index in [1.165, 1.54) is 30.5 Å². The number of rotatable bonds is 5. The van der Waals surface area contributed by atoms with Gasteiger partial charge in [0.15, 0.2) is 0 Å². The Labute approximate surface area is 127 Å². The molecule has 1 aliphatic heterocycles. The van der Waals surface area contributed by atoms with E-state index in [4.69, 9.17) is 0 Å². The topological polar surface area (TPSA) is 15.3 Å². The van der Waals surface area contributed by atoms with Crippen LogP contribution in [0.4, 0.5) is 5.69 Å². The number of piperidine rings is 1. The Bertz CT molecular complexity index is 524. The lowest BCUT2D eigenvalue weighted by Gasteiger charge is -2.38. The van der Waals surface area contributed by atoms with E-state index in [9.17, 15) is 0 Å². The van der Waals surface area contributed by atoms with E-state index in [0.717, 1.165) is 19.5 Å². The highest BCUT2D eigenvalue weighted by Gasteiger charge is 2.21. The van der Waals surface area contributed by atoms with E-state index < -0.39 is 0 Å². The number of anilines is 1. The zero-order valence-corrected chi connectivity index (χ0v) is 12.5. The first-order valence-corrected chi connectivity index (χ1v) is 8.02. The zero-order valence-electron chi connectivity index (χ0n) is 12.5. The molecule has 1 aliphatic rings. The normalized spacial score (nSPS) is 18.7. The summed E-state index contributed by atoms with van der Waals surface area (Å²) in [6, 6.07) is 21.5. The predicted molar refractivity (Wildman–Crippen MR) is 89.6 cm³/mol. The molecule has 2 aromatic carbocycles. The Morgan fingerprint density at radius 3 is 2.38 bits per heavy atom. The number of para-hydroxylation sites is 1. The van der Waals surface area contributed by atoms with Crippen molar-refractivity contribution in [3.63, 3.8) is 0 Å². The molecule has 0 spiro atoms. The second-order valence-electron chi connectivity index (χ2n) is 5.73. The molecular formula is C19H24N2. The Hall–Kier alpha value is -1.80. The molecule has 0 radical (unpaired) electrons. The summed E-state index contributed by atoms with van der Waals surface area (Å²) in [5.74, 6) is 0. The maximum absolute atomic E-state index is 3.74. The number of hydrogen-bond acceptors (Lipinski definition) is 2. The summed E-state index contributed by atoms with van der Waals surface area (Å²) in [5.41, 5.74) is 2.75. The van der Waals surface area contributed by atoms with Gasteiger partial charge in [0.25, 0.3) is 0 Å². The number of nitrogens with one attached hydrogen (secondary N) is 1. The highest BCUT2D eigenvalue weighted by molar-refractivity contribution is 5.47. The average Bonchev–Trinajstić information content (AvgIpc) is 2.57. The van der Waals surface area contributed by atoms with Gasteiger partial charge >= 0.3 is 0 Å². The lowest BCUT2D eigenvalue weighted by molar-refractivity contribution is 0.397. The van der Waals surface area contributed by atoms with Crippen LogP contribution in [0.25, 0.3) is 0 Å². The molecule has 3 rings (SSSR count). The van der Waals surface area contributed by atoms with Gasteiger partial charge in [0.1, 0.15) is 0 Å². The molecule has 2 aromatic rings. The van der Waals surface area contributed by atoms with E-state index in [1.54, 1.807) is 0 Å². The van der Waals surface area contributed by atoms with Gasteiger partial charge in [0, 0.05) is 18.8 Å². The van der Waals surface area contributed by atoms with Crippen LogP contribution in [0.3, 0.4) is 0 Å². The Morgan fingerprint density at radius 1 is 0.905 bits per heavy atom. The monoisotopic (exact) mass is 280 g/mol. The Balaban J connectivity index is 1.57. The summed E-state index contributed by atoms with van der Waals surface area (Å²) in [5, 5.41) is 3.74. The van der Waals surface area contributed by atoms with E-state index >= 15 is 0 Å². The average molecular weight is 280 g/mol. The van der Waals surface area contributed by atoms with Crippen LogP contribution in [0.1, 0.15) is 24.8 Å². The second kappa shape index (κ2) is 7.28. The van der Waals surface area contributed by atoms with Crippen LogP contribution in [-0.4, -0.2) is 19.3 Å². The summed E-state index contributed by atoms with van der Waals surface area (Å²) in [4.78, 5) is 2.52. The molecule has 21 heavy (non-hydrogen) atoms. The molecule has 0 amide bonds. The molecular weight excluding hydrogens is 256 g/mol. The summed E-state index contributed by atoms with van der Waals surface area (Å²) in [7, 11) is 0. The molecule has 0 bridgehead atoms. The predicted octanol–water partition coefficient (Wildman–Crippen LogP) is 3.84. The van der Waals surface area contributed by atoms with E-state index in [1.807, 2.05) is 0 Å². The van der Waals surface area contributed by atoms with Crippen LogP contribution in [0.15, 0.2) is 60.7 Å². The fraction of sp³-hybridized carbons (Fsp3) is 0.368. The first-order valence-electron chi connectivity index (χ1n) is 8.02. The molecule has 1 heterocycles. The fourth-order valence-electron chi connectivity index (χ4n) is 3.10. The Morgan fingerprint density at radius 2 is 1.62 bits per heavy atom. The first-order chi connectivity index (χ1) is 10.4. The molecule has 1 fully saturated rings. The smallest absolute Gasteiger partial charge is 0.0795 e. The van der Waals surface area contributed by atoms with Crippen molar-refractivity contribution in [1.29, 1.82) is 0 Å². The van der Waals surface area contributed by atoms with Gasteiger partial charge in [-0.25, -0.2) is 0 Å². The third-order valence-corrected chi connectivity index (χ3v) is 4.23. The molecule has 0 aliphatic carbocycles. The minimum atomic E-state index is 0.477. The standard InChI is InChI=1S/C19H24N2/c1-3-9-17(10-4-1)14-15-20-19-13-7-8-16-21(19)18-11-5-2-6-12-18/h1-6,9-12,19-20H,7-8,13-16H2. The summed E-state index contributed by atoms with van der Waals surface area (Å²) >= 11 is 0. The van der Waals surface area contributed by atoms with Crippen molar-refractivity contribution in [3.05, 3.63) is 66.2 Å². The van der Waals surface area contributed by atoms with Crippen molar-refractivity contribution in [2.75, 3.05) is 18.0 Å². The molecule has 2 nitrogen and oxygen atoms in total. The van der Waals surface area contributed by atoms with Gasteiger partial charge in [-0.05, 0) is 43.4 Å². The summed E-state index contributed by atoms with van der Waals surface area (Å²) < 4.78 is 0. The van der Waals surface area contributed by atoms with Gasteiger partial charge in [-0.15, -0.1) is 0 Å². The van der Waals surface area contributed by atoms with Gasteiger partial charge in [-0.3, -0.25) is 5.32 Å². The summed E-state index contributed by atoms with van der Waals surface area (Å²) in [6.45, 7) is 2.20. The lowest BCUT2D eigenvalue weighted by atomic mass is 10.1. The van der Waals surface area contributed by atoms with Gasteiger partial charge in [-0.2, -0.15) is 0 Å². The van der Waals surface area contributed by atoms with E-state index in [-0.39, 0.29) is 0 Å². The molecule has 1 unspecified atom stereocenters. The molecule has 1 saturated heterocycles. The summed E-state index contributed by atoms with van der Waals surface area (Å²) in [6.07, 6.45) is 5.44. The minimum Gasteiger partial charge on any atom is -0.356 e. The largest absolute Gasteiger partial charge is 0.356 e. The van der Waals surface area contributed by atoms with E-state index in [2.05, 4.69) is 70.9 Å².